The summed E-state index contributed by atoms with van der Waals surface area (Å²) in [7, 11) is 0. The van der Waals surface area contributed by atoms with E-state index >= 15 is 0 Å². The molecule has 0 radical (unpaired) electrons. The highest BCUT2D eigenvalue weighted by Crippen LogP contribution is 2.27. The van der Waals surface area contributed by atoms with Crippen molar-refractivity contribution in [3.05, 3.63) is 24.3 Å². The molecular weight excluding hydrogens is 218 g/mol. The third kappa shape index (κ3) is 1.63. The maximum Gasteiger partial charge on any atom is 0.299 e. The van der Waals surface area contributed by atoms with Gasteiger partial charge < -0.3 is 15.1 Å². The molecule has 5 nitrogen and oxygen atoms in total. The minimum absolute atomic E-state index is 0.289. The fourth-order valence-electron chi connectivity index (χ4n) is 2.27. The molecule has 2 heterocycles. The molecule has 1 unspecified atom stereocenters. The van der Waals surface area contributed by atoms with E-state index in [0.29, 0.717) is 6.01 Å². The monoisotopic (exact) mass is 231 g/mol. The molecule has 88 valence electrons. The van der Waals surface area contributed by atoms with E-state index in [9.17, 15) is 4.79 Å². The Hall–Kier alpha value is -2.04. The maximum absolute atomic E-state index is 11.3. The summed E-state index contributed by atoms with van der Waals surface area (Å²) in [5, 5.41) is 0. The summed E-state index contributed by atoms with van der Waals surface area (Å²) in [6, 6.07) is 7.76. The van der Waals surface area contributed by atoms with Crippen LogP contribution in [0.25, 0.3) is 11.1 Å². The summed E-state index contributed by atoms with van der Waals surface area (Å²) in [4.78, 5) is 17.5. The van der Waals surface area contributed by atoms with Crippen LogP contribution >= 0.6 is 0 Å². The zero-order valence-electron chi connectivity index (χ0n) is 9.30. The minimum atomic E-state index is -0.315. The highest BCUT2D eigenvalue weighted by Gasteiger charge is 2.32. The number of benzene rings is 1. The number of carbonyl (C=O) groups is 1. The van der Waals surface area contributed by atoms with Gasteiger partial charge in [0.1, 0.15) is 11.6 Å². The van der Waals surface area contributed by atoms with E-state index in [2.05, 4.69) is 4.98 Å². The van der Waals surface area contributed by atoms with E-state index in [-0.39, 0.29) is 11.9 Å². The average molecular weight is 231 g/mol. The Balaban J connectivity index is 2.00. The van der Waals surface area contributed by atoms with Gasteiger partial charge in [0.05, 0.1) is 0 Å². The van der Waals surface area contributed by atoms with Crippen LogP contribution in [-0.2, 0) is 4.79 Å². The number of rotatable bonds is 2. The molecule has 0 bridgehead atoms. The lowest BCUT2D eigenvalue weighted by molar-refractivity contribution is -0.119. The van der Waals surface area contributed by atoms with Crippen molar-refractivity contribution in [1.82, 2.24) is 4.98 Å². The lowest BCUT2D eigenvalue weighted by Crippen LogP contribution is -2.40. The zero-order chi connectivity index (χ0) is 11.8. The number of carbonyl (C=O) groups excluding carboxylic acids is 1. The van der Waals surface area contributed by atoms with Gasteiger partial charge in [-0.25, -0.2) is 0 Å². The SMILES string of the molecule is NC(=O)C1CCCN1c1nc2ccccc2o1. The predicted molar refractivity (Wildman–Crippen MR) is 63.6 cm³/mol. The van der Waals surface area contributed by atoms with Crippen molar-refractivity contribution in [3.63, 3.8) is 0 Å². The van der Waals surface area contributed by atoms with Crippen LogP contribution in [0.15, 0.2) is 28.7 Å². The Morgan fingerprint density at radius 3 is 3.06 bits per heavy atom. The lowest BCUT2D eigenvalue weighted by Gasteiger charge is -2.19. The molecule has 2 aromatic rings. The van der Waals surface area contributed by atoms with Crippen molar-refractivity contribution in [2.45, 2.75) is 18.9 Å². The molecule has 1 aliphatic heterocycles. The molecule has 0 spiro atoms. The Bertz CT molecular complexity index is 531. The summed E-state index contributed by atoms with van der Waals surface area (Å²) in [5.74, 6) is -0.315. The Kier molecular flexibility index (Phi) is 2.24. The zero-order valence-corrected chi connectivity index (χ0v) is 9.30. The van der Waals surface area contributed by atoms with E-state index in [1.807, 2.05) is 29.2 Å². The van der Waals surface area contributed by atoms with Crippen molar-refractivity contribution in [3.8, 4) is 0 Å². The molecule has 2 N–H and O–H groups in total. The van der Waals surface area contributed by atoms with E-state index in [0.717, 1.165) is 30.5 Å². The van der Waals surface area contributed by atoms with Crippen molar-refractivity contribution in [2.75, 3.05) is 11.4 Å². The van der Waals surface area contributed by atoms with E-state index < -0.39 is 0 Å². The van der Waals surface area contributed by atoms with Crippen LogP contribution < -0.4 is 10.6 Å². The van der Waals surface area contributed by atoms with Gasteiger partial charge in [-0.05, 0) is 25.0 Å². The number of oxazole rings is 1. The molecule has 3 rings (SSSR count). The molecule has 1 aromatic heterocycles. The molecule has 1 aliphatic rings. The largest absolute Gasteiger partial charge is 0.423 e. The van der Waals surface area contributed by atoms with Crippen LogP contribution in [-0.4, -0.2) is 23.5 Å². The molecule has 1 atom stereocenters. The van der Waals surface area contributed by atoms with Gasteiger partial charge in [-0.15, -0.1) is 0 Å². The van der Waals surface area contributed by atoms with Gasteiger partial charge in [0.2, 0.25) is 5.91 Å². The fraction of sp³-hybridized carbons (Fsp3) is 0.333. The number of para-hydroxylation sites is 2. The summed E-state index contributed by atoms with van der Waals surface area (Å²) < 4.78 is 5.64. The molecule has 1 aromatic carbocycles. The smallest absolute Gasteiger partial charge is 0.299 e. The topological polar surface area (TPSA) is 72.4 Å². The van der Waals surface area contributed by atoms with Crippen molar-refractivity contribution in [2.24, 2.45) is 5.73 Å². The normalized spacial score (nSPS) is 20.0. The number of fused-ring (bicyclic) bond motifs is 1. The summed E-state index contributed by atoms with van der Waals surface area (Å²) in [6.07, 6.45) is 1.71. The molecule has 0 aliphatic carbocycles. The van der Waals surface area contributed by atoms with Crippen molar-refractivity contribution < 1.29 is 9.21 Å². The second-order valence-corrected chi connectivity index (χ2v) is 4.22. The van der Waals surface area contributed by atoms with Gasteiger partial charge in [-0.2, -0.15) is 4.98 Å². The maximum atomic E-state index is 11.3. The second-order valence-electron chi connectivity index (χ2n) is 4.22. The number of nitrogens with two attached hydrogens (primary N) is 1. The standard InChI is InChI=1S/C12H13N3O2/c13-11(16)9-5-3-7-15(9)12-14-8-4-1-2-6-10(8)17-12/h1-2,4,6,9H,3,5,7H2,(H2,13,16). The predicted octanol–water partition coefficient (Wildman–Crippen LogP) is 1.28. The third-order valence-corrected chi connectivity index (χ3v) is 3.11. The van der Waals surface area contributed by atoms with Crippen LogP contribution in [0.5, 0.6) is 0 Å². The summed E-state index contributed by atoms with van der Waals surface area (Å²) in [5.41, 5.74) is 6.91. The second kappa shape index (κ2) is 3.76. The highest BCUT2D eigenvalue weighted by atomic mass is 16.4. The molecule has 0 saturated carbocycles. The molecule has 5 heteroatoms. The molecular formula is C12H13N3O2. The van der Waals surface area contributed by atoms with Gasteiger partial charge in [0, 0.05) is 6.54 Å². The quantitative estimate of drug-likeness (QED) is 0.845. The van der Waals surface area contributed by atoms with Gasteiger partial charge in [-0.3, -0.25) is 4.79 Å². The Labute approximate surface area is 98.2 Å². The number of hydrogen-bond donors (Lipinski definition) is 1. The van der Waals surface area contributed by atoms with Crippen molar-refractivity contribution >= 4 is 23.0 Å². The first-order chi connectivity index (χ1) is 8.25. The average Bonchev–Trinajstić information content (AvgIpc) is 2.95. The van der Waals surface area contributed by atoms with E-state index in [1.54, 1.807) is 0 Å². The minimum Gasteiger partial charge on any atom is -0.423 e. The first-order valence-electron chi connectivity index (χ1n) is 5.67. The van der Waals surface area contributed by atoms with E-state index in [1.165, 1.54) is 0 Å². The highest BCUT2D eigenvalue weighted by molar-refractivity contribution is 5.84. The number of amides is 1. The number of primary amides is 1. The van der Waals surface area contributed by atoms with Gasteiger partial charge >= 0.3 is 0 Å². The first kappa shape index (κ1) is 10.1. The number of hydrogen-bond acceptors (Lipinski definition) is 4. The number of anilines is 1. The van der Waals surface area contributed by atoms with Crippen molar-refractivity contribution in [1.29, 1.82) is 0 Å². The Morgan fingerprint density at radius 2 is 2.29 bits per heavy atom. The van der Waals surface area contributed by atoms with Gasteiger partial charge in [-0.1, -0.05) is 12.1 Å². The van der Waals surface area contributed by atoms with E-state index in [4.69, 9.17) is 10.2 Å². The lowest BCUT2D eigenvalue weighted by atomic mass is 10.2. The van der Waals surface area contributed by atoms with Crippen LogP contribution in [0.4, 0.5) is 6.01 Å². The Morgan fingerprint density at radius 1 is 1.47 bits per heavy atom. The van der Waals surface area contributed by atoms with Gasteiger partial charge in [0.25, 0.3) is 6.01 Å². The molecule has 1 amide bonds. The number of aromatic nitrogens is 1. The summed E-state index contributed by atoms with van der Waals surface area (Å²) in [6.45, 7) is 0.764. The van der Waals surface area contributed by atoms with Crippen LogP contribution in [0.2, 0.25) is 0 Å². The third-order valence-electron chi connectivity index (χ3n) is 3.11. The van der Waals surface area contributed by atoms with Crippen LogP contribution in [0, 0.1) is 0 Å². The molecule has 17 heavy (non-hydrogen) atoms. The summed E-state index contributed by atoms with van der Waals surface area (Å²) >= 11 is 0. The first-order valence-corrected chi connectivity index (χ1v) is 5.67. The van der Waals surface area contributed by atoms with Gasteiger partial charge in [0.15, 0.2) is 5.58 Å². The van der Waals surface area contributed by atoms with Crippen LogP contribution in [0.3, 0.4) is 0 Å². The number of nitrogens with zero attached hydrogens (tertiary/aromatic N) is 2. The molecule has 1 saturated heterocycles. The van der Waals surface area contributed by atoms with Crippen LogP contribution in [0.1, 0.15) is 12.8 Å². The molecule has 1 fully saturated rings. The fourth-order valence-corrected chi connectivity index (χ4v) is 2.27.